The fourth-order valence-electron chi connectivity index (χ4n) is 4.31. The highest BCUT2D eigenvalue weighted by molar-refractivity contribution is 7.25. The summed E-state index contributed by atoms with van der Waals surface area (Å²) in [6.45, 7) is 0. The largest absolute Gasteiger partial charge is 0.310 e. The lowest BCUT2D eigenvalue weighted by Crippen LogP contribution is -2.12. The molecule has 3 heteroatoms. The third kappa shape index (κ3) is 3.10. The van der Waals surface area contributed by atoms with E-state index in [1.54, 1.807) is 0 Å². The maximum atomic E-state index is 6.00. The zero-order valence-corrected chi connectivity index (χ0v) is 17.6. The molecule has 0 saturated carbocycles. The molecule has 0 atom stereocenters. The Morgan fingerprint density at radius 1 is 0.548 bits per heavy atom. The predicted octanol–water partition coefficient (Wildman–Crippen LogP) is 7.47. The van der Waals surface area contributed by atoms with Gasteiger partial charge < -0.3 is 4.90 Å². The maximum Gasteiger partial charge on any atom is 0.113 e. The maximum absolute atomic E-state index is 6.00. The van der Waals surface area contributed by atoms with Gasteiger partial charge in [0.1, 0.15) is 7.85 Å². The highest BCUT2D eigenvalue weighted by atomic mass is 32.1. The van der Waals surface area contributed by atoms with E-state index in [-0.39, 0.29) is 0 Å². The monoisotopic (exact) mass is 411 g/mol. The molecule has 0 bridgehead atoms. The predicted molar refractivity (Wildman–Crippen MR) is 137 cm³/mol. The van der Waals surface area contributed by atoms with Crippen LogP contribution in [0.1, 0.15) is 0 Å². The molecule has 6 aromatic rings. The van der Waals surface area contributed by atoms with Crippen molar-refractivity contribution in [2.75, 3.05) is 4.90 Å². The van der Waals surface area contributed by atoms with Crippen molar-refractivity contribution in [2.24, 2.45) is 0 Å². The molecule has 0 aliphatic heterocycles. The van der Waals surface area contributed by atoms with Crippen molar-refractivity contribution in [1.29, 1.82) is 0 Å². The van der Waals surface area contributed by atoms with E-state index in [2.05, 4.69) is 102 Å². The lowest BCUT2D eigenvalue weighted by molar-refractivity contribution is 1.31. The molecule has 1 aromatic heterocycles. The zero-order chi connectivity index (χ0) is 20.8. The van der Waals surface area contributed by atoms with Gasteiger partial charge in [-0.3, -0.25) is 0 Å². The van der Waals surface area contributed by atoms with Crippen LogP contribution in [0.15, 0.2) is 109 Å². The summed E-state index contributed by atoms with van der Waals surface area (Å²) in [4.78, 5) is 2.33. The summed E-state index contributed by atoms with van der Waals surface area (Å²) in [6.07, 6.45) is 0. The van der Waals surface area contributed by atoms with Crippen LogP contribution in [0, 0.1) is 0 Å². The second-order valence-electron chi connectivity index (χ2n) is 7.70. The smallest absolute Gasteiger partial charge is 0.113 e. The van der Waals surface area contributed by atoms with E-state index >= 15 is 0 Å². The molecule has 0 fully saturated rings. The molecule has 0 aliphatic rings. The SMILES string of the molecule is [B]c1ccc(N(c2ccc3sc4ccccc4c3c2)c2cccc3ccccc23)cc1. The molecule has 5 aromatic carbocycles. The topological polar surface area (TPSA) is 3.24 Å². The Balaban J connectivity index is 1.64. The van der Waals surface area contributed by atoms with Crippen LogP contribution >= 0.6 is 11.3 Å². The first-order valence-electron chi connectivity index (χ1n) is 10.3. The van der Waals surface area contributed by atoms with Crippen LogP contribution in [0.25, 0.3) is 30.9 Å². The first-order valence-corrected chi connectivity index (χ1v) is 11.1. The van der Waals surface area contributed by atoms with Crippen LogP contribution in [-0.2, 0) is 0 Å². The minimum atomic E-state index is 0.765. The third-order valence-electron chi connectivity index (χ3n) is 5.78. The Morgan fingerprint density at radius 2 is 1.23 bits per heavy atom. The van der Waals surface area contributed by atoms with Crippen LogP contribution < -0.4 is 10.4 Å². The fourth-order valence-corrected chi connectivity index (χ4v) is 5.39. The van der Waals surface area contributed by atoms with E-state index in [0.29, 0.717) is 0 Å². The summed E-state index contributed by atoms with van der Waals surface area (Å²) in [5, 5.41) is 5.04. The molecule has 0 unspecified atom stereocenters. The van der Waals surface area contributed by atoms with Gasteiger partial charge >= 0.3 is 0 Å². The van der Waals surface area contributed by atoms with Gasteiger partial charge in [-0.05, 0) is 47.9 Å². The molecule has 0 N–H and O–H groups in total. The molecule has 0 amide bonds. The Kier molecular flexibility index (Phi) is 4.29. The van der Waals surface area contributed by atoms with Crippen molar-refractivity contribution in [2.45, 2.75) is 0 Å². The number of hydrogen-bond acceptors (Lipinski definition) is 2. The fraction of sp³-hybridized carbons (Fsp3) is 0. The molecule has 144 valence electrons. The van der Waals surface area contributed by atoms with Crippen molar-refractivity contribution in [3.63, 3.8) is 0 Å². The normalized spacial score (nSPS) is 11.4. The lowest BCUT2D eigenvalue weighted by Gasteiger charge is -2.27. The highest BCUT2D eigenvalue weighted by Gasteiger charge is 2.16. The van der Waals surface area contributed by atoms with Gasteiger partial charge in [0.15, 0.2) is 0 Å². The van der Waals surface area contributed by atoms with Gasteiger partial charge in [-0.2, -0.15) is 0 Å². The average Bonchev–Trinajstić information content (AvgIpc) is 3.19. The van der Waals surface area contributed by atoms with Crippen molar-refractivity contribution in [3.05, 3.63) is 109 Å². The highest BCUT2D eigenvalue weighted by Crippen LogP contribution is 2.42. The molecule has 0 spiro atoms. The van der Waals surface area contributed by atoms with Gasteiger partial charge in [-0.25, -0.2) is 0 Å². The van der Waals surface area contributed by atoms with E-state index in [0.717, 1.165) is 22.5 Å². The number of anilines is 3. The molecule has 2 radical (unpaired) electrons. The van der Waals surface area contributed by atoms with Crippen LogP contribution in [0.4, 0.5) is 17.1 Å². The van der Waals surface area contributed by atoms with E-state index in [4.69, 9.17) is 7.85 Å². The van der Waals surface area contributed by atoms with Gasteiger partial charge in [-0.15, -0.1) is 11.3 Å². The molecule has 1 heterocycles. The summed E-state index contributed by atoms with van der Waals surface area (Å²) < 4.78 is 2.62. The molecule has 0 aliphatic carbocycles. The van der Waals surface area contributed by atoms with Crippen molar-refractivity contribution >= 4 is 72.7 Å². The quantitative estimate of drug-likeness (QED) is 0.273. The first kappa shape index (κ1) is 18.2. The van der Waals surface area contributed by atoms with Gasteiger partial charge in [0.05, 0.1) is 5.69 Å². The minimum Gasteiger partial charge on any atom is -0.310 e. The summed E-state index contributed by atoms with van der Waals surface area (Å²) >= 11 is 1.84. The Hall–Kier alpha value is -3.56. The second kappa shape index (κ2) is 7.30. The molecular weight excluding hydrogens is 393 g/mol. The Labute approximate surface area is 186 Å². The molecular formula is C28H18BNS. The Morgan fingerprint density at radius 3 is 2.10 bits per heavy atom. The second-order valence-corrected chi connectivity index (χ2v) is 8.79. The van der Waals surface area contributed by atoms with Crippen molar-refractivity contribution < 1.29 is 0 Å². The van der Waals surface area contributed by atoms with E-state index in [1.165, 1.54) is 30.9 Å². The summed E-state index contributed by atoms with van der Waals surface area (Å²) in [5.74, 6) is 0. The first-order chi connectivity index (χ1) is 15.3. The van der Waals surface area contributed by atoms with Crippen molar-refractivity contribution in [1.82, 2.24) is 0 Å². The average molecular weight is 411 g/mol. The number of hydrogen-bond donors (Lipinski definition) is 0. The van der Waals surface area contributed by atoms with E-state index in [9.17, 15) is 0 Å². The van der Waals surface area contributed by atoms with Crippen LogP contribution in [0.3, 0.4) is 0 Å². The van der Waals surface area contributed by atoms with Crippen LogP contribution in [0.2, 0.25) is 0 Å². The van der Waals surface area contributed by atoms with Gasteiger partial charge in [0, 0.05) is 36.9 Å². The van der Waals surface area contributed by atoms with Crippen molar-refractivity contribution in [3.8, 4) is 0 Å². The molecule has 6 rings (SSSR count). The van der Waals surface area contributed by atoms with Gasteiger partial charge in [-0.1, -0.05) is 72.2 Å². The number of fused-ring (bicyclic) bond motifs is 4. The molecule has 0 saturated heterocycles. The minimum absolute atomic E-state index is 0.765. The van der Waals surface area contributed by atoms with Crippen LogP contribution in [0.5, 0.6) is 0 Å². The zero-order valence-electron chi connectivity index (χ0n) is 16.8. The molecule has 1 nitrogen and oxygen atoms in total. The Bertz CT molecular complexity index is 1540. The number of thiophene rings is 1. The lowest BCUT2D eigenvalue weighted by atomic mass is 9.96. The van der Waals surface area contributed by atoms with Crippen LogP contribution in [-0.4, -0.2) is 7.85 Å². The van der Waals surface area contributed by atoms with E-state index in [1.807, 2.05) is 23.5 Å². The number of nitrogens with zero attached hydrogens (tertiary/aromatic N) is 1. The summed E-state index contributed by atoms with van der Waals surface area (Å²) in [6, 6.07) is 38.5. The third-order valence-corrected chi connectivity index (χ3v) is 6.93. The standard InChI is InChI=1S/C28H18BNS/c29-20-12-14-21(15-13-20)30(26-10-5-7-19-6-1-2-8-23(19)26)22-16-17-28-25(18-22)24-9-3-4-11-27(24)31-28/h1-18H. The number of rotatable bonds is 3. The van der Waals surface area contributed by atoms with Gasteiger partial charge in [0.2, 0.25) is 0 Å². The summed E-state index contributed by atoms with van der Waals surface area (Å²) in [7, 11) is 6.00. The van der Waals surface area contributed by atoms with Gasteiger partial charge in [0.25, 0.3) is 0 Å². The summed E-state index contributed by atoms with van der Waals surface area (Å²) in [5.41, 5.74) is 4.14. The molecule has 31 heavy (non-hydrogen) atoms. The van der Waals surface area contributed by atoms with E-state index < -0.39 is 0 Å². The number of benzene rings is 5.